The van der Waals surface area contributed by atoms with Gasteiger partial charge in [0.2, 0.25) is 11.8 Å². The fraction of sp³-hybridized carbons (Fsp3) is 0.0625. The number of oxazole rings is 1. The van der Waals surface area contributed by atoms with Crippen molar-refractivity contribution < 1.29 is 9.21 Å². The number of hydrogen-bond acceptors (Lipinski definition) is 4. The van der Waals surface area contributed by atoms with Gasteiger partial charge in [-0.3, -0.25) is 9.78 Å². The average Bonchev–Trinajstić information content (AvgIpc) is 2.92. The highest BCUT2D eigenvalue weighted by atomic mass is 16.4. The lowest BCUT2D eigenvalue weighted by Gasteiger charge is -1.98. The van der Waals surface area contributed by atoms with Crippen LogP contribution >= 0.6 is 0 Å². The standard InChI is InChI=1S/C16H13N3O2/c17-14(20)9-13-15(12-7-4-8-18-10-12)21-16(19-13)11-5-2-1-3-6-11/h1-8,10H,9H2,(H2,17,20). The van der Waals surface area contributed by atoms with Crippen LogP contribution < -0.4 is 5.73 Å². The summed E-state index contributed by atoms with van der Waals surface area (Å²) in [6.45, 7) is 0. The third kappa shape index (κ3) is 2.81. The molecule has 0 aliphatic heterocycles. The number of nitrogens with zero attached hydrogens (tertiary/aromatic N) is 2. The molecule has 5 nitrogen and oxygen atoms in total. The number of rotatable bonds is 4. The fourth-order valence-corrected chi connectivity index (χ4v) is 2.06. The lowest BCUT2D eigenvalue weighted by atomic mass is 10.1. The molecule has 21 heavy (non-hydrogen) atoms. The summed E-state index contributed by atoms with van der Waals surface area (Å²) < 4.78 is 5.83. The summed E-state index contributed by atoms with van der Waals surface area (Å²) in [7, 11) is 0. The smallest absolute Gasteiger partial charge is 0.227 e. The first-order valence-corrected chi connectivity index (χ1v) is 6.48. The highest BCUT2D eigenvalue weighted by Gasteiger charge is 2.17. The maximum Gasteiger partial charge on any atom is 0.227 e. The van der Waals surface area contributed by atoms with E-state index in [1.54, 1.807) is 18.5 Å². The van der Waals surface area contributed by atoms with Crippen molar-refractivity contribution in [3.63, 3.8) is 0 Å². The van der Waals surface area contributed by atoms with Crippen LogP contribution in [-0.4, -0.2) is 15.9 Å². The van der Waals surface area contributed by atoms with Crippen LogP contribution in [0.2, 0.25) is 0 Å². The van der Waals surface area contributed by atoms with Gasteiger partial charge in [0.05, 0.1) is 12.1 Å². The second kappa shape index (κ2) is 5.58. The van der Waals surface area contributed by atoms with E-state index in [-0.39, 0.29) is 6.42 Å². The molecule has 0 radical (unpaired) electrons. The Labute approximate surface area is 121 Å². The second-order valence-corrected chi connectivity index (χ2v) is 4.55. The van der Waals surface area contributed by atoms with Gasteiger partial charge in [0, 0.05) is 23.5 Å². The number of benzene rings is 1. The molecular formula is C16H13N3O2. The highest BCUT2D eigenvalue weighted by molar-refractivity contribution is 5.79. The topological polar surface area (TPSA) is 82.0 Å². The molecule has 0 spiro atoms. The monoisotopic (exact) mass is 279 g/mol. The van der Waals surface area contributed by atoms with Gasteiger partial charge in [0.1, 0.15) is 0 Å². The zero-order valence-corrected chi connectivity index (χ0v) is 11.2. The molecule has 104 valence electrons. The van der Waals surface area contributed by atoms with Crippen LogP contribution in [0.1, 0.15) is 5.69 Å². The zero-order chi connectivity index (χ0) is 14.7. The Bertz CT molecular complexity index is 752. The van der Waals surface area contributed by atoms with Crippen LogP contribution in [0.4, 0.5) is 0 Å². The number of amides is 1. The summed E-state index contributed by atoms with van der Waals surface area (Å²) in [5, 5.41) is 0. The predicted octanol–water partition coefficient (Wildman–Crippen LogP) is 2.43. The normalized spacial score (nSPS) is 10.5. The largest absolute Gasteiger partial charge is 0.436 e. The summed E-state index contributed by atoms with van der Waals surface area (Å²) in [5.74, 6) is 0.541. The lowest BCUT2D eigenvalue weighted by molar-refractivity contribution is -0.117. The first-order valence-electron chi connectivity index (χ1n) is 6.48. The van der Waals surface area contributed by atoms with Crippen LogP contribution in [0.25, 0.3) is 22.8 Å². The zero-order valence-electron chi connectivity index (χ0n) is 11.2. The van der Waals surface area contributed by atoms with Crippen LogP contribution in [0, 0.1) is 0 Å². The van der Waals surface area contributed by atoms with Gasteiger partial charge in [-0.2, -0.15) is 0 Å². The molecule has 1 aromatic carbocycles. The Morgan fingerprint density at radius 3 is 2.52 bits per heavy atom. The van der Waals surface area contributed by atoms with E-state index >= 15 is 0 Å². The van der Waals surface area contributed by atoms with Gasteiger partial charge in [-0.1, -0.05) is 18.2 Å². The maximum absolute atomic E-state index is 11.2. The maximum atomic E-state index is 11.2. The Balaban J connectivity index is 2.10. The molecule has 2 aromatic heterocycles. The van der Waals surface area contributed by atoms with Crippen molar-refractivity contribution in [3.8, 4) is 22.8 Å². The summed E-state index contributed by atoms with van der Waals surface area (Å²) in [5.41, 5.74) is 7.42. The van der Waals surface area contributed by atoms with Crippen LogP contribution in [0.3, 0.4) is 0 Å². The number of primary amides is 1. The van der Waals surface area contributed by atoms with Crippen molar-refractivity contribution in [2.45, 2.75) is 6.42 Å². The highest BCUT2D eigenvalue weighted by Crippen LogP contribution is 2.29. The van der Waals surface area contributed by atoms with Gasteiger partial charge in [-0.25, -0.2) is 4.98 Å². The van der Waals surface area contributed by atoms with Gasteiger partial charge >= 0.3 is 0 Å². The number of carbonyl (C=O) groups is 1. The molecule has 5 heteroatoms. The van der Waals surface area contributed by atoms with Gasteiger partial charge in [-0.15, -0.1) is 0 Å². The summed E-state index contributed by atoms with van der Waals surface area (Å²) >= 11 is 0. The van der Waals surface area contributed by atoms with Gasteiger partial charge in [0.15, 0.2) is 5.76 Å². The predicted molar refractivity (Wildman–Crippen MR) is 78.1 cm³/mol. The van der Waals surface area contributed by atoms with Crippen molar-refractivity contribution in [1.82, 2.24) is 9.97 Å². The van der Waals surface area contributed by atoms with Crippen molar-refractivity contribution in [3.05, 3.63) is 60.6 Å². The van der Waals surface area contributed by atoms with Crippen LogP contribution in [0.15, 0.2) is 59.3 Å². The van der Waals surface area contributed by atoms with E-state index in [9.17, 15) is 4.79 Å². The molecule has 0 fully saturated rings. The first kappa shape index (κ1) is 13.1. The Kier molecular flexibility index (Phi) is 3.47. The fourth-order valence-electron chi connectivity index (χ4n) is 2.06. The molecule has 1 amide bonds. The Morgan fingerprint density at radius 2 is 1.86 bits per heavy atom. The number of nitrogens with two attached hydrogens (primary N) is 1. The molecule has 2 N–H and O–H groups in total. The number of aromatic nitrogens is 2. The first-order chi connectivity index (χ1) is 10.2. The summed E-state index contributed by atoms with van der Waals surface area (Å²) in [6, 6.07) is 13.2. The molecule has 0 saturated carbocycles. The van der Waals surface area contributed by atoms with Gasteiger partial charge in [0.25, 0.3) is 0 Å². The second-order valence-electron chi connectivity index (χ2n) is 4.55. The van der Waals surface area contributed by atoms with Crippen LogP contribution in [0.5, 0.6) is 0 Å². The Morgan fingerprint density at radius 1 is 1.10 bits per heavy atom. The molecule has 0 unspecified atom stereocenters. The van der Waals surface area contributed by atoms with E-state index < -0.39 is 5.91 Å². The minimum Gasteiger partial charge on any atom is -0.436 e. The molecule has 0 saturated heterocycles. The van der Waals surface area contributed by atoms with E-state index in [4.69, 9.17) is 10.2 Å². The van der Waals surface area contributed by atoms with Crippen molar-refractivity contribution >= 4 is 5.91 Å². The van der Waals surface area contributed by atoms with Gasteiger partial charge in [-0.05, 0) is 24.3 Å². The van der Waals surface area contributed by atoms with Crippen molar-refractivity contribution in [2.24, 2.45) is 5.73 Å². The van der Waals surface area contributed by atoms with Crippen LogP contribution in [-0.2, 0) is 11.2 Å². The van der Waals surface area contributed by atoms with E-state index in [1.807, 2.05) is 36.4 Å². The van der Waals surface area contributed by atoms with E-state index in [2.05, 4.69) is 9.97 Å². The lowest BCUT2D eigenvalue weighted by Crippen LogP contribution is -2.14. The third-order valence-corrected chi connectivity index (χ3v) is 2.98. The minimum absolute atomic E-state index is 0.0283. The Hall–Kier alpha value is -2.95. The number of carbonyl (C=O) groups excluding carboxylic acids is 1. The molecule has 0 bridgehead atoms. The van der Waals surface area contributed by atoms with Crippen molar-refractivity contribution in [2.75, 3.05) is 0 Å². The summed E-state index contributed by atoms with van der Waals surface area (Å²) in [6.07, 6.45) is 3.37. The molecule has 0 atom stereocenters. The van der Waals surface area contributed by atoms with E-state index in [0.717, 1.165) is 11.1 Å². The molecule has 0 aliphatic rings. The van der Waals surface area contributed by atoms with Crippen molar-refractivity contribution in [1.29, 1.82) is 0 Å². The van der Waals surface area contributed by atoms with Gasteiger partial charge < -0.3 is 10.2 Å². The average molecular weight is 279 g/mol. The van der Waals surface area contributed by atoms with E-state index in [1.165, 1.54) is 0 Å². The molecular weight excluding hydrogens is 266 g/mol. The summed E-state index contributed by atoms with van der Waals surface area (Å²) in [4.78, 5) is 19.7. The number of pyridine rings is 1. The molecule has 2 heterocycles. The van der Waals surface area contributed by atoms with E-state index in [0.29, 0.717) is 17.3 Å². The minimum atomic E-state index is -0.451. The third-order valence-electron chi connectivity index (χ3n) is 2.98. The number of hydrogen-bond donors (Lipinski definition) is 1. The molecule has 3 aromatic rings. The SMILES string of the molecule is NC(=O)Cc1nc(-c2ccccc2)oc1-c1cccnc1. The molecule has 3 rings (SSSR count). The molecule has 0 aliphatic carbocycles. The quantitative estimate of drug-likeness (QED) is 0.795.